The van der Waals surface area contributed by atoms with Crippen LogP contribution in [0.15, 0.2) is 76.4 Å². The van der Waals surface area contributed by atoms with Gasteiger partial charge in [-0.15, -0.1) is 0 Å². The van der Waals surface area contributed by atoms with Gasteiger partial charge in [0.15, 0.2) is 0 Å². The molecule has 4 rings (SSSR count). The Balaban J connectivity index is 1.70. The third-order valence-electron chi connectivity index (χ3n) is 7.12. The van der Waals surface area contributed by atoms with Gasteiger partial charge in [0.25, 0.3) is 13.9 Å². The highest BCUT2D eigenvalue weighted by Gasteiger charge is 2.51. The van der Waals surface area contributed by atoms with Gasteiger partial charge >= 0.3 is 5.69 Å². The molecule has 7 nitrogen and oxygen atoms in total. The van der Waals surface area contributed by atoms with Crippen LogP contribution in [0, 0.1) is 6.92 Å². The summed E-state index contributed by atoms with van der Waals surface area (Å²) < 4.78 is 21.5. The van der Waals surface area contributed by atoms with Crippen molar-refractivity contribution in [1.29, 1.82) is 0 Å². The van der Waals surface area contributed by atoms with Crippen LogP contribution in [0.4, 0.5) is 0 Å². The van der Waals surface area contributed by atoms with Gasteiger partial charge in [-0.3, -0.25) is 14.3 Å². The van der Waals surface area contributed by atoms with Crippen LogP contribution in [-0.2, 0) is 13.9 Å². The van der Waals surface area contributed by atoms with Crippen molar-refractivity contribution >= 4 is 40.3 Å². The highest BCUT2D eigenvalue weighted by Crippen LogP contribution is 2.39. The fourth-order valence-electron chi connectivity index (χ4n) is 5.34. The van der Waals surface area contributed by atoms with E-state index < -0.39 is 31.9 Å². The predicted molar refractivity (Wildman–Crippen MR) is 164 cm³/mol. The molecule has 1 saturated heterocycles. The second-order valence-corrected chi connectivity index (χ2v) is 17.9. The SMILES string of the molecule is CSSC(C)OC1C[C@H](n2cc(C)c(=O)[nH]c2=O)O[C@@H]1CO[Si](c1ccccc1)(c1ccccc1)C(C)(C)C. The van der Waals surface area contributed by atoms with E-state index in [4.69, 9.17) is 13.9 Å². The van der Waals surface area contributed by atoms with E-state index in [1.807, 2.05) is 25.3 Å². The van der Waals surface area contributed by atoms with Crippen LogP contribution in [-0.4, -0.2) is 48.4 Å². The molecule has 0 radical (unpaired) electrons. The first-order valence-electron chi connectivity index (χ1n) is 13.1. The van der Waals surface area contributed by atoms with Crippen molar-refractivity contribution in [1.82, 2.24) is 9.55 Å². The third kappa shape index (κ3) is 6.47. The molecule has 10 heteroatoms. The van der Waals surface area contributed by atoms with Gasteiger partial charge in [-0.25, -0.2) is 4.79 Å². The molecule has 1 aromatic heterocycles. The van der Waals surface area contributed by atoms with Gasteiger partial charge in [-0.05, 0) is 35.5 Å². The maximum Gasteiger partial charge on any atom is 0.330 e. The number of aromatic nitrogens is 2. The Morgan fingerprint density at radius 2 is 1.67 bits per heavy atom. The van der Waals surface area contributed by atoms with Crippen molar-refractivity contribution in [3.8, 4) is 0 Å². The first-order valence-corrected chi connectivity index (χ1v) is 17.7. The molecular formula is C29H38N2O5S2Si. The van der Waals surface area contributed by atoms with Crippen LogP contribution in [0.2, 0.25) is 5.04 Å². The minimum Gasteiger partial charge on any atom is -0.405 e. The lowest BCUT2D eigenvalue weighted by atomic mass is 10.2. The number of H-pyrrole nitrogens is 1. The van der Waals surface area contributed by atoms with Crippen molar-refractivity contribution < 1.29 is 13.9 Å². The van der Waals surface area contributed by atoms with E-state index >= 15 is 0 Å². The summed E-state index contributed by atoms with van der Waals surface area (Å²) in [6.45, 7) is 10.7. The van der Waals surface area contributed by atoms with E-state index in [1.165, 1.54) is 14.9 Å². The number of rotatable bonds is 10. The maximum absolute atomic E-state index is 12.7. The number of nitrogens with one attached hydrogen (secondary N) is 1. The Morgan fingerprint density at radius 1 is 1.08 bits per heavy atom. The van der Waals surface area contributed by atoms with Gasteiger partial charge in [0.2, 0.25) is 0 Å². The Hall–Kier alpha value is -2.08. The average Bonchev–Trinajstić information content (AvgIpc) is 3.29. The zero-order valence-corrected chi connectivity index (χ0v) is 26.0. The van der Waals surface area contributed by atoms with Crippen molar-refractivity contribution in [3.63, 3.8) is 0 Å². The molecule has 0 spiro atoms. The quantitative estimate of drug-likeness (QED) is 0.214. The average molecular weight is 587 g/mol. The van der Waals surface area contributed by atoms with Crippen LogP contribution in [0.5, 0.6) is 0 Å². The molecule has 0 saturated carbocycles. The van der Waals surface area contributed by atoms with Gasteiger partial charge in [-0.2, -0.15) is 0 Å². The minimum atomic E-state index is -2.79. The molecule has 0 aliphatic carbocycles. The van der Waals surface area contributed by atoms with Crippen molar-refractivity contribution in [3.05, 3.63) is 93.3 Å². The normalized spacial score (nSPS) is 20.7. The van der Waals surface area contributed by atoms with Crippen LogP contribution in [0.3, 0.4) is 0 Å². The summed E-state index contributed by atoms with van der Waals surface area (Å²) in [6, 6.07) is 21.0. The van der Waals surface area contributed by atoms with Crippen molar-refractivity contribution in [2.24, 2.45) is 0 Å². The van der Waals surface area contributed by atoms with E-state index in [1.54, 1.807) is 34.7 Å². The molecule has 1 aliphatic rings. The lowest BCUT2D eigenvalue weighted by Gasteiger charge is -2.43. The maximum atomic E-state index is 12.7. The summed E-state index contributed by atoms with van der Waals surface area (Å²) >= 11 is 0. The monoisotopic (exact) mass is 586 g/mol. The molecule has 2 aromatic carbocycles. The Morgan fingerprint density at radius 3 is 2.21 bits per heavy atom. The fourth-order valence-corrected chi connectivity index (χ4v) is 11.3. The predicted octanol–water partition coefficient (Wildman–Crippen LogP) is 4.45. The van der Waals surface area contributed by atoms with Crippen LogP contribution in [0.25, 0.3) is 0 Å². The lowest BCUT2D eigenvalue weighted by Crippen LogP contribution is -2.67. The number of ether oxygens (including phenoxy) is 2. The van der Waals surface area contributed by atoms with E-state index in [9.17, 15) is 9.59 Å². The van der Waals surface area contributed by atoms with Gasteiger partial charge in [0, 0.05) is 18.2 Å². The minimum absolute atomic E-state index is 0.0725. The molecule has 1 fully saturated rings. The molecule has 2 heterocycles. The number of nitrogens with zero attached hydrogens (tertiary/aromatic N) is 1. The Labute approximate surface area is 239 Å². The van der Waals surface area contributed by atoms with Gasteiger partial charge in [0.05, 0.1) is 12.7 Å². The van der Waals surface area contributed by atoms with Gasteiger partial charge in [-0.1, -0.05) is 103 Å². The topological polar surface area (TPSA) is 82.6 Å². The molecule has 39 heavy (non-hydrogen) atoms. The molecule has 4 atom stereocenters. The summed E-state index contributed by atoms with van der Waals surface area (Å²) in [5.74, 6) is 0. The first kappa shape index (κ1) is 29.9. The largest absolute Gasteiger partial charge is 0.405 e. The van der Waals surface area contributed by atoms with Crippen molar-refractivity contribution in [2.45, 2.75) is 69.9 Å². The Bertz CT molecular complexity index is 1300. The summed E-state index contributed by atoms with van der Waals surface area (Å²) in [5, 5.41) is 2.20. The van der Waals surface area contributed by atoms with Crippen LogP contribution < -0.4 is 21.6 Å². The Kier molecular flexibility index (Phi) is 9.67. The van der Waals surface area contributed by atoms with Gasteiger partial charge < -0.3 is 13.9 Å². The first-order chi connectivity index (χ1) is 18.6. The second-order valence-electron chi connectivity index (χ2n) is 10.8. The number of hydrogen-bond acceptors (Lipinski definition) is 7. The third-order valence-corrected chi connectivity index (χ3v) is 14.1. The number of aromatic amines is 1. The molecule has 0 bridgehead atoms. The zero-order valence-electron chi connectivity index (χ0n) is 23.4. The van der Waals surface area contributed by atoms with Crippen LogP contribution >= 0.6 is 21.6 Å². The highest BCUT2D eigenvalue weighted by molar-refractivity contribution is 8.76. The van der Waals surface area contributed by atoms with Crippen LogP contribution in [0.1, 0.15) is 45.9 Å². The zero-order chi connectivity index (χ0) is 28.2. The fraction of sp³-hybridized carbons (Fsp3) is 0.448. The van der Waals surface area contributed by atoms with E-state index in [0.717, 1.165) is 0 Å². The smallest absolute Gasteiger partial charge is 0.330 e. The lowest BCUT2D eigenvalue weighted by molar-refractivity contribution is -0.0616. The second kappa shape index (κ2) is 12.6. The molecule has 1 N–H and O–H groups in total. The molecule has 210 valence electrons. The number of benzene rings is 2. The van der Waals surface area contributed by atoms with E-state index in [-0.39, 0.29) is 16.6 Å². The summed E-state index contributed by atoms with van der Waals surface area (Å²) in [7, 11) is 0.491. The number of aryl methyl sites for hydroxylation is 1. The molecule has 1 aliphatic heterocycles. The van der Waals surface area contributed by atoms with E-state index in [2.05, 4.69) is 74.3 Å². The summed E-state index contributed by atoms with van der Waals surface area (Å²) in [5.41, 5.74) is -0.501. The van der Waals surface area contributed by atoms with Gasteiger partial charge in [0.1, 0.15) is 17.8 Å². The molecule has 2 unspecified atom stereocenters. The number of hydrogen-bond donors (Lipinski definition) is 1. The standard InChI is InChI=1S/C29H38N2O5S2Si/c1-20-18-31(28(33)30-27(20)32)26-17-24(35-21(2)38-37-6)25(36-26)19-34-39(29(3,4)5,22-13-9-7-10-14-22)23-15-11-8-12-16-23/h7-16,18,21,24-26H,17,19H2,1-6H3,(H,30,32,33)/t21?,24?,25-,26-/m1/s1. The molecule has 3 aromatic rings. The molecule has 0 amide bonds. The molecular weight excluding hydrogens is 549 g/mol. The highest BCUT2D eigenvalue weighted by atomic mass is 33.1. The summed E-state index contributed by atoms with van der Waals surface area (Å²) in [4.78, 5) is 27.1. The summed E-state index contributed by atoms with van der Waals surface area (Å²) in [6.07, 6.45) is 2.79. The van der Waals surface area contributed by atoms with Crippen molar-refractivity contribution in [2.75, 3.05) is 12.9 Å². The van der Waals surface area contributed by atoms with E-state index in [0.29, 0.717) is 18.6 Å².